The summed E-state index contributed by atoms with van der Waals surface area (Å²) in [6.45, 7) is -3.88. The molecule has 1 aliphatic heterocycles. The standard InChI is InChI=1S/C8H7BFO6/c10-4-1-5(8(11)12)7-6(2-4)15-3-9(13,14)16-7/h1-2,13-14H,3H2,(H,11,12)/q-1/p-1. The molecule has 0 bridgehead atoms. The molecule has 0 saturated heterocycles. The Hall–Kier alpha value is -1.80. The van der Waals surface area contributed by atoms with Crippen molar-refractivity contribution in [1.29, 1.82) is 0 Å². The summed E-state index contributed by atoms with van der Waals surface area (Å²) in [6.07, 6.45) is 0. The summed E-state index contributed by atoms with van der Waals surface area (Å²) in [7, 11) is 0. The Balaban J connectivity index is 2.56. The molecule has 86 valence electrons. The van der Waals surface area contributed by atoms with Crippen LogP contribution in [0.5, 0.6) is 11.5 Å². The number of carbonyl (C=O) groups is 1. The van der Waals surface area contributed by atoms with Gasteiger partial charge in [0, 0.05) is 11.6 Å². The van der Waals surface area contributed by atoms with Crippen molar-refractivity contribution in [3.05, 3.63) is 23.5 Å². The summed E-state index contributed by atoms with van der Waals surface area (Å²) in [6, 6.07) is 1.53. The van der Waals surface area contributed by atoms with E-state index in [9.17, 15) is 14.3 Å². The van der Waals surface area contributed by atoms with Crippen LogP contribution in [0.3, 0.4) is 0 Å². The van der Waals surface area contributed by atoms with Gasteiger partial charge < -0.3 is 29.3 Å². The molecule has 0 aliphatic carbocycles. The monoisotopic (exact) mass is 228 g/mol. The molecule has 6 nitrogen and oxygen atoms in total. The van der Waals surface area contributed by atoms with Crippen LogP contribution in [0, 0.1) is 5.82 Å². The maximum absolute atomic E-state index is 13.0. The smallest absolute Gasteiger partial charge is 0.467 e. The number of carboxylic acid groups (broad SMARTS) is 1. The van der Waals surface area contributed by atoms with Crippen LogP contribution < -0.4 is 14.5 Å². The van der Waals surface area contributed by atoms with E-state index in [1.165, 1.54) is 0 Å². The van der Waals surface area contributed by atoms with Crippen molar-refractivity contribution < 1.29 is 33.7 Å². The van der Waals surface area contributed by atoms with Crippen LogP contribution in [-0.2, 0) is 0 Å². The number of fused-ring (bicyclic) bond motifs is 1. The largest absolute Gasteiger partial charge is 0.665 e. The minimum absolute atomic E-state index is 0.209. The van der Waals surface area contributed by atoms with Gasteiger partial charge in [0.05, 0.1) is 12.5 Å². The minimum atomic E-state index is -3.29. The Morgan fingerprint density at radius 2 is 2.19 bits per heavy atom. The molecule has 0 spiro atoms. The fourth-order valence-electron chi connectivity index (χ4n) is 1.37. The predicted molar refractivity (Wildman–Crippen MR) is 47.0 cm³/mol. The fraction of sp³-hybridized carbons (Fsp3) is 0.125. The van der Waals surface area contributed by atoms with Crippen LogP contribution in [0.2, 0.25) is 0 Å². The Kier molecular flexibility index (Phi) is 2.25. The molecule has 2 rings (SSSR count). The molecule has 16 heavy (non-hydrogen) atoms. The van der Waals surface area contributed by atoms with Crippen LogP contribution in [0.25, 0.3) is 0 Å². The molecule has 0 amide bonds. The third-order valence-corrected chi connectivity index (χ3v) is 2.00. The Morgan fingerprint density at radius 1 is 1.50 bits per heavy atom. The topological polar surface area (TPSA) is 99.1 Å². The van der Waals surface area contributed by atoms with E-state index in [-0.39, 0.29) is 5.75 Å². The maximum Gasteiger partial charge on any atom is 0.467 e. The molecule has 2 N–H and O–H groups in total. The van der Waals surface area contributed by atoms with Gasteiger partial charge in [-0.05, 0) is 6.07 Å². The number of hydrogen-bond donors (Lipinski definition) is 2. The number of ether oxygens (including phenoxy) is 1. The van der Waals surface area contributed by atoms with Crippen molar-refractivity contribution in [2.24, 2.45) is 0 Å². The minimum Gasteiger partial charge on any atom is -0.665 e. The number of rotatable bonds is 1. The van der Waals surface area contributed by atoms with E-state index in [1.54, 1.807) is 0 Å². The van der Waals surface area contributed by atoms with E-state index < -0.39 is 36.4 Å². The van der Waals surface area contributed by atoms with E-state index in [0.29, 0.717) is 6.07 Å². The van der Waals surface area contributed by atoms with Crippen molar-refractivity contribution in [1.82, 2.24) is 0 Å². The van der Waals surface area contributed by atoms with Crippen molar-refractivity contribution >= 4 is 12.7 Å². The molecule has 1 aromatic carbocycles. The zero-order valence-corrected chi connectivity index (χ0v) is 7.84. The molecule has 0 unspecified atom stereocenters. The average Bonchev–Trinajstić information content (AvgIpc) is 2.16. The molecule has 8 heteroatoms. The first-order chi connectivity index (χ1) is 7.39. The third kappa shape index (κ3) is 1.80. The number of benzene rings is 1. The summed E-state index contributed by atoms with van der Waals surface area (Å²) in [5.41, 5.74) is -0.635. The molecular weight excluding hydrogens is 222 g/mol. The normalized spacial score (nSPS) is 16.9. The maximum atomic E-state index is 13.0. The van der Waals surface area contributed by atoms with Gasteiger partial charge in [0.1, 0.15) is 11.6 Å². The zero-order chi connectivity index (χ0) is 11.9. The number of halogens is 1. The highest BCUT2D eigenvalue weighted by molar-refractivity contribution is 6.58. The lowest BCUT2D eigenvalue weighted by atomic mass is 9.80. The highest BCUT2D eigenvalue weighted by Crippen LogP contribution is 2.36. The summed E-state index contributed by atoms with van der Waals surface area (Å²) in [5, 5.41) is 29.0. The number of hydrogen-bond acceptors (Lipinski definition) is 6. The first-order valence-corrected chi connectivity index (χ1v) is 4.36. The summed E-state index contributed by atoms with van der Waals surface area (Å²) in [4.78, 5) is 10.7. The number of aromatic carboxylic acids is 1. The van der Waals surface area contributed by atoms with Gasteiger partial charge >= 0.3 is 6.75 Å². The fourth-order valence-corrected chi connectivity index (χ4v) is 1.37. The SMILES string of the molecule is O=C([O-])c1cc(F)cc2c1O[B-](O)(O)CO2. The summed E-state index contributed by atoms with van der Waals surface area (Å²) < 4.78 is 22.4. The van der Waals surface area contributed by atoms with Gasteiger partial charge in [-0.15, -0.1) is 0 Å². The molecule has 1 heterocycles. The molecule has 0 atom stereocenters. The molecule has 1 aliphatic rings. The third-order valence-electron chi connectivity index (χ3n) is 2.00. The van der Waals surface area contributed by atoms with E-state index >= 15 is 0 Å². The van der Waals surface area contributed by atoms with Gasteiger partial charge in [-0.2, -0.15) is 0 Å². The average molecular weight is 228 g/mol. The Labute approximate surface area is 88.9 Å². The highest BCUT2D eigenvalue weighted by Gasteiger charge is 2.32. The predicted octanol–water partition coefficient (Wildman–Crippen LogP) is -1.58. The van der Waals surface area contributed by atoms with Crippen LogP contribution in [0.4, 0.5) is 4.39 Å². The number of carbonyl (C=O) groups excluding carboxylic acids is 1. The highest BCUT2D eigenvalue weighted by atomic mass is 19.1. The second kappa shape index (κ2) is 3.36. The van der Waals surface area contributed by atoms with Crippen molar-refractivity contribution in [2.45, 2.75) is 0 Å². The van der Waals surface area contributed by atoms with Crippen molar-refractivity contribution in [3.63, 3.8) is 0 Å². The van der Waals surface area contributed by atoms with E-state index in [1.807, 2.05) is 0 Å². The quantitative estimate of drug-likeness (QED) is 0.563. The summed E-state index contributed by atoms with van der Waals surface area (Å²) in [5.74, 6) is -3.21. The second-order valence-corrected chi connectivity index (χ2v) is 3.36. The van der Waals surface area contributed by atoms with Gasteiger partial charge in [0.2, 0.25) is 0 Å². The van der Waals surface area contributed by atoms with Crippen LogP contribution >= 0.6 is 0 Å². The van der Waals surface area contributed by atoms with Gasteiger partial charge in [0.15, 0.2) is 5.75 Å². The van der Waals surface area contributed by atoms with Crippen LogP contribution in [-0.4, -0.2) is 29.3 Å². The van der Waals surface area contributed by atoms with Gasteiger partial charge in [-0.3, -0.25) is 0 Å². The number of carboxylic acids is 1. The molecular formula is C8H6BFO6-2. The lowest BCUT2D eigenvalue weighted by Crippen LogP contribution is -2.51. The zero-order valence-electron chi connectivity index (χ0n) is 7.84. The summed E-state index contributed by atoms with van der Waals surface area (Å²) >= 11 is 0. The lowest BCUT2D eigenvalue weighted by molar-refractivity contribution is -0.255. The second-order valence-electron chi connectivity index (χ2n) is 3.36. The van der Waals surface area contributed by atoms with Gasteiger partial charge in [-0.25, -0.2) is 4.39 Å². The molecule has 0 aromatic heterocycles. The Bertz CT molecular complexity index is 460. The van der Waals surface area contributed by atoms with Gasteiger partial charge in [0.25, 0.3) is 0 Å². The Morgan fingerprint density at radius 3 is 2.81 bits per heavy atom. The van der Waals surface area contributed by atoms with E-state index in [2.05, 4.69) is 4.65 Å². The molecule has 1 aromatic rings. The van der Waals surface area contributed by atoms with Gasteiger partial charge in [-0.1, -0.05) is 0 Å². The van der Waals surface area contributed by atoms with Crippen molar-refractivity contribution in [3.8, 4) is 11.5 Å². The molecule has 0 radical (unpaired) electrons. The van der Waals surface area contributed by atoms with Crippen molar-refractivity contribution in [2.75, 3.05) is 6.51 Å². The molecule has 0 fully saturated rings. The van der Waals surface area contributed by atoms with E-state index in [4.69, 9.17) is 14.8 Å². The first-order valence-electron chi connectivity index (χ1n) is 4.36. The first kappa shape index (κ1) is 10.7. The van der Waals surface area contributed by atoms with Crippen LogP contribution in [0.1, 0.15) is 10.4 Å². The van der Waals surface area contributed by atoms with Crippen LogP contribution in [0.15, 0.2) is 12.1 Å². The van der Waals surface area contributed by atoms with E-state index in [0.717, 1.165) is 6.07 Å². The molecule has 0 saturated carbocycles. The lowest BCUT2D eigenvalue weighted by Gasteiger charge is -2.37.